The molecule has 1 aliphatic rings. The number of rotatable bonds is 5. The molecule has 0 aromatic heterocycles. The van der Waals surface area contributed by atoms with Crippen molar-refractivity contribution in [1.82, 2.24) is 5.32 Å². The molecule has 0 spiro atoms. The highest BCUT2D eigenvalue weighted by Gasteiger charge is 2.24. The molecule has 1 amide bonds. The first-order chi connectivity index (χ1) is 9.99. The number of nitro benzene ring substituents is 1. The first kappa shape index (κ1) is 15.3. The van der Waals surface area contributed by atoms with E-state index in [1.807, 2.05) is 0 Å². The van der Waals surface area contributed by atoms with Crippen LogP contribution >= 0.6 is 0 Å². The van der Waals surface area contributed by atoms with Crippen molar-refractivity contribution in [1.29, 1.82) is 0 Å². The fraction of sp³-hybridized carbons (Fsp3) is 0.462. The monoisotopic (exact) mass is 300 g/mol. The molecule has 0 saturated carbocycles. The number of hydrogen-bond donors (Lipinski definition) is 1. The molecule has 6 nitrogen and oxygen atoms in total. The molecule has 1 saturated heterocycles. The zero-order valence-electron chi connectivity index (χ0n) is 11.1. The molecule has 0 aliphatic carbocycles. The number of halogens is 2. The van der Waals surface area contributed by atoms with E-state index in [4.69, 9.17) is 4.74 Å². The summed E-state index contributed by atoms with van der Waals surface area (Å²) in [4.78, 5) is 21.3. The Hall–Kier alpha value is -2.09. The molecular weight excluding hydrogens is 286 g/mol. The van der Waals surface area contributed by atoms with Crippen molar-refractivity contribution >= 4 is 11.6 Å². The van der Waals surface area contributed by atoms with Gasteiger partial charge >= 0.3 is 5.69 Å². The Kier molecular flexibility index (Phi) is 4.79. The first-order valence-electron chi connectivity index (χ1n) is 6.52. The molecule has 0 bridgehead atoms. The molecule has 1 atom stereocenters. The van der Waals surface area contributed by atoms with E-state index in [9.17, 15) is 23.7 Å². The topological polar surface area (TPSA) is 81.5 Å². The van der Waals surface area contributed by atoms with Crippen LogP contribution in [0.2, 0.25) is 0 Å². The standard InChI is InChI=1S/C13H14F2N2O4/c14-8-6-10(12(15)11(7-8)17(19)20)13(18)16-4-3-9-2-1-5-21-9/h6-7,9H,1-5H2,(H,16,18). The largest absolute Gasteiger partial charge is 0.378 e. The lowest BCUT2D eigenvalue weighted by atomic mass is 10.1. The molecule has 1 N–H and O–H groups in total. The fourth-order valence-electron chi connectivity index (χ4n) is 2.19. The minimum absolute atomic E-state index is 0.0528. The van der Waals surface area contributed by atoms with Gasteiger partial charge < -0.3 is 10.1 Å². The van der Waals surface area contributed by atoms with Gasteiger partial charge in [-0.3, -0.25) is 14.9 Å². The van der Waals surface area contributed by atoms with Gasteiger partial charge in [0.25, 0.3) is 5.91 Å². The van der Waals surface area contributed by atoms with Gasteiger partial charge in [0.05, 0.1) is 22.7 Å². The van der Waals surface area contributed by atoms with E-state index in [0.29, 0.717) is 25.2 Å². The Morgan fingerprint density at radius 1 is 1.48 bits per heavy atom. The van der Waals surface area contributed by atoms with Crippen LogP contribution in [-0.2, 0) is 4.74 Å². The maximum Gasteiger partial charge on any atom is 0.308 e. The fourth-order valence-corrected chi connectivity index (χ4v) is 2.19. The summed E-state index contributed by atoms with van der Waals surface area (Å²) < 4.78 is 32.4. The van der Waals surface area contributed by atoms with Crippen LogP contribution in [0.5, 0.6) is 0 Å². The quantitative estimate of drug-likeness (QED) is 0.667. The van der Waals surface area contributed by atoms with E-state index in [0.717, 1.165) is 12.8 Å². The van der Waals surface area contributed by atoms with Gasteiger partial charge in [0, 0.05) is 13.2 Å². The molecule has 1 fully saturated rings. The van der Waals surface area contributed by atoms with Gasteiger partial charge in [0.1, 0.15) is 5.82 Å². The lowest BCUT2D eigenvalue weighted by Gasteiger charge is -2.10. The molecule has 1 heterocycles. The predicted molar refractivity (Wildman–Crippen MR) is 68.9 cm³/mol. The number of carbonyl (C=O) groups excluding carboxylic acids is 1. The smallest absolute Gasteiger partial charge is 0.308 e. The minimum Gasteiger partial charge on any atom is -0.378 e. The molecule has 1 aromatic carbocycles. The normalized spacial score (nSPS) is 17.7. The van der Waals surface area contributed by atoms with Gasteiger partial charge in [-0.05, 0) is 25.3 Å². The highest BCUT2D eigenvalue weighted by Crippen LogP contribution is 2.22. The second-order valence-corrected chi connectivity index (χ2v) is 4.72. The summed E-state index contributed by atoms with van der Waals surface area (Å²) in [6.45, 7) is 0.913. The summed E-state index contributed by atoms with van der Waals surface area (Å²) >= 11 is 0. The van der Waals surface area contributed by atoms with Gasteiger partial charge in [0.2, 0.25) is 5.82 Å². The maximum absolute atomic E-state index is 13.8. The lowest BCUT2D eigenvalue weighted by molar-refractivity contribution is -0.387. The molecule has 1 unspecified atom stereocenters. The van der Waals surface area contributed by atoms with E-state index in [2.05, 4.69) is 5.32 Å². The SMILES string of the molecule is O=C(NCCC1CCCO1)c1cc(F)cc([N+](=O)[O-])c1F. The third-order valence-electron chi connectivity index (χ3n) is 3.24. The molecule has 8 heteroatoms. The van der Waals surface area contributed by atoms with Crippen LogP contribution in [0.25, 0.3) is 0 Å². The summed E-state index contributed by atoms with van der Waals surface area (Å²) in [7, 11) is 0. The van der Waals surface area contributed by atoms with E-state index in [1.165, 1.54) is 0 Å². The molecule has 21 heavy (non-hydrogen) atoms. The van der Waals surface area contributed by atoms with E-state index in [1.54, 1.807) is 0 Å². The van der Waals surface area contributed by atoms with Crippen LogP contribution in [0.15, 0.2) is 12.1 Å². The second-order valence-electron chi connectivity index (χ2n) is 4.72. The molecule has 1 aliphatic heterocycles. The van der Waals surface area contributed by atoms with Gasteiger partial charge in [-0.2, -0.15) is 4.39 Å². The number of nitrogens with zero attached hydrogens (tertiary/aromatic N) is 1. The molecule has 2 rings (SSSR count). The van der Waals surface area contributed by atoms with Crippen molar-refractivity contribution in [2.45, 2.75) is 25.4 Å². The van der Waals surface area contributed by atoms with Crippen LogP contribution in [0.4, 0.5) is 14.5 Å². The van der Waals surface area contributed by atoms with Gasteiger partial charge in [-0.25, -0.2) is 4.39 Å². The van der Waals surface area contributed by atoms with Crippen LogP contribution in [0.3, 0.4) is 0 Å². The average Bonchev–Trinajstić information content (AvgIpc) is 2.93. The Labute approximate surface area is 119 Å². The Balaban J connectivity index is 2.02. The summed E-state index contributed by atoms with van der Waals surface area (Å²) in [5.41, 5.74) is -1.73. The lowest BCUT2D eigenvalue weighted by Crippen LogP contribution is -2.28. The van der Waals surface area contributed by atoms with Crippen molar-refractivity contribution in [3.8, 4) is 0 Å². The number of nitro groups is 1. The third kappa shape index (κ3) is 3.72. The van der Waals surface area contributed by atoms with Crippen molar-refractivity contribution in [3.63, 3.8) is 0 Å². The predicted octanol–water partition coefficient (Wildman–Crippen LogP) is 2.17. The number of ether oxygens (including phenoxy) is 1. The Morgan fingerprint density at radius 2 is 2.24 bits per heavy atom. The van der Waals surface area contributed by atoms with Gasteiger partial charge in [0.15, 0.2) is 0 Å². The van der Waals surface area contributed by atoms with Crippen molar-refractivity contribution < 1.29 is 23.2 Å². The van der Waals surface area contributed by atoms with E-state index < -0.39 is 33.7 Å². The summed E-state index contributed by atoms with van der Waals surface area (Å²) in [6.07, 6.45) is 2.47. The highest BCUT2D eigenvalue weighted by atomic mass is 19.1. The highest BCUT2D eigenvalue weighted by molar-refractivity contribution is 5.95. The maximum atomic E-state index is 13.8. The Bertz CT molecular complexity index is 559. The zero-order valence-corrected chi connectivity index (χ0v) is 11.1. The molecule has 114 valence electrons. The molecular formula is C13H14F2N2O4. The number of nitrogens with one attached hydrogen (secondary N) is 1. The average molecular weight is 300 g/mol. The van der Waals surface area contributed by atoms with Crippen molar-refractivity contribution in [2.75, 3.05) is 13.2 Å². The van der Waals surface area contributed by atoms with E-state index in [-0.39, 0.29) is 12.6 Å². The number of hydrogen-bond acceptors (Lipinski definition) is 4. The van der Waals surface area contributed by atoms with Crippen molar-refractivity contribution in [3.05, 3.63) is 39.4 Å². The van der Waals surface area contributed by atoms with E-state index >= 15 is 0 Å². The number of benzene rings is 1. The van der Waals surface area contributed by atoms with Crippen LogP contribution < -0.4 is 5.32 Å². The third-order valence-corrected chi connectivity index (χ3v) is 3.24. The Morgan fingerprint density at radius 3 is 2.86 bits per heavy atom. The summed E-state index contributed by atoms with van der Waals surface area (Å²) in [5.74, 6) is -3.25. The first-order valence-corrected chi connectivity index (χ1v) is 6.52. The van der Waals surface area contributed by atoms with Crippen LogP contribution in [0, 0.1) is 21.7 Å². The van der Waals surface area contributed by atoms with Crippen LogP contribution in [0.1, 0.15) is 29.6 Å². The summed E-state index contributed by atoms with van der Waals surface area (Å²) in [5, 5.41) is 13.0. The molecule has 1 aromatic rings. The van der Waals surface area contributed by atoms with Crippen molar-refractivity contribution in [2.24, 2.45) is 0 Å². The zero-order chi connectivity index (χ0) is 15.4. The second kappa shape index (κ2) is 6.57. The van der Waals surface area contributed by atoms with Gasteiger partial charge in [-0.15, -0.1) is 0 Å². The van der Waals surface area contributed by atoms with Gasteiger partial charge in [-0.1, -0.05) is 0 Å². The van der Waals surface area contributed by atoms with Crippen LogP contribution in [-0.4, -0.2) is 30.1 Å². The number of amides is 1. The molecule has 0 radical (unpaired) electrons. The summed E-state index contributed by atoms with van der Waals surface area (Å²) in [6, 6.07) is 1.09. The number of carbonyl (C=O) groups is 1. The minimum atomic E-state index is -1.34.